The number of pyridine rings is 1. The van der Waals surface area contributed by atoms with E-state index in [1.165, 1.54) is 12.1 Å². The number of hydrogen-bond acceptors (Lipinski definition) is 2. The number of hydrogen-bond donors (Lipinski definition) is 1. The Morgan fingerprint density at radius 2 is 2.00 bits per heavy atom. The van der Waals surface area contributed by atoms with Crippen LogP contribution in [0.1, 0.15) is 22.9 Å². The molecule has 1 aromatic carbocycles. The van der Waals surface area contributed by atoms with Crippen LogP contribution in [-0.4, -0.2) is 10.1 Å². The first-order valence-corrected chi connectivity index (χ1v) is 5.61. The average molecular weight is 249 g/mol. The first-order chi connectivity index (χ1) is 8.56. The van der Waals surface area contributed by atoms with Gasteiger partial charge < -0.3 is 5.11 Å². The van der Waals surface area contributed by atoms with Gasteiger partial charge in [0.1, 0.15) is 11.6 Å². The molecule has 0 aliphatic carbocycles. The van der Waals surface area contributed by atoms with Crippen molar-refractivity contribution in [1.82, 2.24) is 4.98 Å². The summed E-state index contributed by atoms with van der Waals surface area (Å²) in [6, 6.07) is 6.86. The zero-order chi connectivity index (χ0) is 13.1. The molecule has 0 amide bonds. The summed E-state index contributed by atoms with van der Waals surface area (Å²) in [4.78, 5) is 4.06. The lowest BCUT2D eigenvalue weighted by molar-refractivity contribution is 0.176. The van der Waals surface area contributed by atoms with Crippen LogP contribution in [0.25, 0.3) is 0 Å². The fourth-order valence-corrected chi connectivity index (χ4v) is 1.69. The standard InChI is InChI=1S/C14H13F2NO/c1-9-2-3-11(8-17-9)14(18)6-10-4-5-12(15)7-13(10)16/h2-5,7-8,14,18H,6H2,1H3. The van der Waals surface area contributed by atoms with Crippen molar-refractivity contribution in [2.45, 2.75) is 19.4 Å². The molecule has 0 bridgehead atoms. The third-order valence-electron chi connectivity index (χ3n) is 2.75. The zero-order valence-corrected chi connectivity index (χ0v) is 9.90. The number of aromatic nitrogens is 1. The Bertz CT molecular complexity index is 540. The van der Waals surface area contributed by atoms with Crippen molar-refractivity contribution in [3.8, 4) is 0 Å². The van der Waals surface area contributed by atoms with E-state index in [0.29, 0.717) is 5.56 Å². The number of halogens is 2. The van der Waals surface area contributed by atoms with Crippen molar-refractivity contribution in [2.75, 3.05) is 0 Å². The van der Waals surface area contributed by atoms with Gasteiger partial charge in [-0.25, -0.2) is 8.78 Å². The molecule has 0 spiro atoms. The van der Waals surface area contributed by atoms with Crippen LogP contribution in [0.15, 0.2) is 36.5 Å². The van der Waals surface area contributed by atoms with Gasteiger partial charge >= 0.3 is 0 Å². The monoisotopic (exact) mass is 249 g/mol. The SMILES string of the molecule is Cc1ccc(C(O)Cc2ccc(F)cc2F)cn1. The summed E-state index contributed by atoms with van der Waals surface area (Å²) in [6.07, 6.45) is 0.802. The Morgan fingerprint density at radius 1 is 1.22 bits per heavy atom. The van der Waals surface area contributed by atoms with Gasteiger partial charge in [-0.05, 0) is 30.2 Å². The van der Waals surface area contributed by atoms with Gasteiger partial charge in [0.05, 0.1) is 6.10 Å². The van der Waals surface area contributed by atoms with Gasteiger partial charge in [0.15, 0.2) is 0 Å². The number of aliphatic hydroxyl groups is 1. The third-order valence-corrected chi connectivity index (χ3v) is 2.75. The summed E-state index contributed by atoms with van der Waals surface area (Å²) in [6.45, 7) is 1.84. The van der Waals surface area contributed by atoms with Gasteiger partial charge in [0, 0.05) is 24.4 Å². The quantitative estimate of drug-likeness (QED) is 0.907. The molecule has 18 heavy (non-hydrogen) atoms. The smallest absolute Gasteiger partial charge is 0.129 e. The highest BCUT2D eigenvalue weighted by atomic mass is 19.1. The number of aryl methyl sites for hydroxylation is 1. The molecule has 1 aromatic heterocycles. The largest absolute Gasteiger partial charge is 0.388 e. The van der Waals surface area contributed by atoms with Crippen LogP contribution in [0.5, 0.6) is 0 Å². The average Bonchev–Trinajstić information content (AvgIpc) is 2.33. The van der Waals surface area contributed by atoms with Crippen LogP contribution < -0.4 is 0 Å². The highest BCUT2D eigenvalue weighted by Gasteiger charge is 2.12. The van der Waals surface area contributed by atoms with Crippen molar-refractivity contribution < 1.29 is 13.9 Å². The van der Waals surface area contributed by atoms with Crippen molar-refractivity contribution in [2.24, 2.45) is 0 Å². The second-order valence-corrected chi connectivity index (χ2v) is 4.19. The Morgan fingerprint density at radius 3 is 2.61 bits per heavy atom. The number of rotatable bonds is 3. The number of nitrogens with zero attached hydrogens (tertiary/aromatic N) is 1. The van der Waals surface area contributed by atoms with E-state index < -0.39 is 17.7 Å². The molecule has 1 unspecified atom stereocenters. The predicted octanol–water partition coefficient (Wildman–Crippen LogP) is 2.94. The van der Waals surface area contributed by atoms with E-state index in [1.54, 1.807) is 18.3 Å². The normalized spacial score (nSPS) is 12.4. The van der Waals surface area contributed by atoms with Crippen LogP contribution in [-0.2, 0) is 6.42 Å². The van der Waals surface area contributed by atoms with Crippen LogP contribution in [0.2, 0.25) is 0 Å². The highest BCUT2D eigenvalue weighted by molar-refractivity contribution is 5.23. The molecule has 94 valence electrons. The van der Waals surface area contributed by atoms with Crippen LogP contribution >= 0.6 is 0 Å². The summed E-state index contributed by atoms with van der Waals surface area (Å²) >= 11 is 0. The maximum atomic E-state index is 13.4. The lowest BCUT2D eigenvalue weighted by Gasteiger charge is -2.11. The predicted molar refractivity (Wildman–Crippen MR) is 64.0 cm³/mol. The van der Waals surface area contributed by atoms with Gasteiger partial charge in [0.25, 0.3) is 0 Å². The molecule has 1 N–H and O–H groups in total. The van der Waals surface area contributed by atoms with Gasteiger partial charge in [-0.3, -0.25) is 4.98 Å². The Labute approximate surface area is 104 Å². The molecule has 0 saturated heterocycles. The molecule has 0 saturated carbocycles. The molecule has 2 nitrogen and oxygen atoms in total. The molecule has 1 heterocycles. The summed E-state index contributed by atoms with van der Waals surface area (Å²) < 4.78 is 26.2. The maximum absolute atomic E-state index is 13.4. The van der Waals surface area contributed by atoms with Crippen LogP contribution in [0.4, 0.5) is 8.78 Å². The Hall–Kier alpha value is -1.81. The second-order valence-electron chi connectivity index (χ2n) is 4.19. The van der Waals surface area contributed by atoms with Gasteiger partial charge in [-0.2, -0.15) is 0 Å². The van der Waals surface area contributed by atoms with E-state index >= 15 is 0 Å². The number of benzene rings is 1. The van der Waals surface area contributed by atoms with E-state index in [9.17, 15) is 13.9 Å². The molecule has 0 fully saturated rings. The van der Waals surface area contributed by atoms with Crippen molar-refractivity contribution in [1.29, 1.82) is 0 Å². The molecule has 0 aliphatic rings. The summed E-state index contributed by atoms with van der Waals surface area (Å²) in [5.74, 6) is -1.27. The minimum atomic E-state index is -0.849. The highest BCUT2D eigenvalue weighted by Crippen LogP contribution is 2.20. The fourth-order valence-electron chi connectivity index (χ4n) is 1.69. The van der Waals surface area contributed by atoms with E-state index in [1.807, 2.05) is 6.92 Å². The Kier molecular flexibility index (Phi) is 3.67. The molecule has 0 aliphatic heterocycles. The van der Waals surface area contributed by atoms with Crippen molar-refractivity contribution in [3.05, 3.63) is 65.0 Å². The molecule has 1 atom stereocenters. The van der Waals surface area contributed by atoms with E-state index in [4.69, 9.17) is 0 Å². The molecule has 4 heteroatoms. The Balaban J connectivity index is 2.15. The van der Waals surface area contributed by atoms with E-state index in [0.717, 1.165) is 11.8 Å². The molecule has 2 rings (SSSR count). The third kappa shape index (κ3) is 2.90. The summed E-state index contributed by atoms with van der Waals surface area (Å²) in [5, 5.41) is 9.96. The van der Waals surface area contributed by atoms with Gasteiger partial charge in [-0.15, -0.1) is 0 Å². The molecule has 2 aromatic rings. The minimum Gasteiger partial charge on any atom is -0.388 e. The maximum Gasteiger partial charge on any atom is 0.129 e. The minimum absolute atomic E-state index is 0.0941. The van der Waals surface area contributed by atoms with Crippen molar-refractivity contribution >= 4 is 0 Å². The van der Waals surface area contributed by atoms with Crippen LogP contribution in [0, 0.1) is 18.6 Å². The first kappa shape index (κ1) is 12.6. The molecule has 0 radical (unpaired) electrons. The van der Waals surface area contributed by atoms with Gasteiger partial charge in [-0.1, -0.05) is 12.1 Å². The second kappa shape index (κ2) is 5.23. The van der Waals surface area contributed by atoms with Crippen LogP contribution in [0.3, 0.4) is 0 Å². The van der Waals surface area contributed by atoms with E-state index in [-0.39, 0.29) is 12.0 Å². The lowest BCUT2D eigenvalue weighted by atomic mass is 10.0. The first-order valence-electron chi connectivity index (χ1n) is 5.61. The van der Waals surface area contributed by atoms with Gasteiger partial charge in [0.2, 0.25) is 0 Å². The molecular weight excluding hydrogens is 236 g/mol. The number of aliphatic hydroxyl groups excluding tert-OH is 1. The lowest BCUT2D eigenvalue weighted by Crippen LogP contribution is -2.04. The summed E-state index contributed by atoms with van der Waals surface area (Å²) in [5.41, 5.74) is 1.74. The topological polar surface area (TPSA) is 33.1 Å². The zero-order valence-electron chi connectivity index (χ0n) is 9.90. The van der Waals surface area contributed by atoms with Crippen molar-refractivity contribution in [3.63, 3.8) is 0 Å². The molecular formula is C14H13F2NO. The van der Waals surface area contributed by atoms with E-state index in [2.05, 4.69) is 4.98 Å². The fraction of sp³-hybridized carbons (Fsp3) is 0.214. The summed E-state index contributed by atoms with van der Waals surface area (Å²) in [7, 11) is 0.